The third-order valence-electron chi connectivity index (χ3n) is 3.56. The summed E-state index contributed by atoms with van der Waals surface area (Å²) in [5, 5.41) is 11.3. The first-order valence-corrected chi connectivity index (χ1v) is 5.59. The van der Waals surface area contributed by atoms with Gasteiger partial charge in [-0.25, -0.2) is 0 Å². The van der Waals surface area contributed by atoms with Gasteiger partial charge in [0.2, 0.25) is 0 Å². The Bertz CT molecular complexity index is 384. The number of rotatable bonds is 1. The quantitative estimate of drug-likeness (QED) is 0.753. The molecule has 1 aromatic rings. The van der Waals surface area contributed by atoms with Gasteiger partial charge in [-0.05, 0) is 54.9 Å². The predicted octanol–water partition coefficient (Wildman–Crippen LogP) is 2.88. The summed E-state index contributed by atoms with van der Waals surface area (Å²) in [4.78, 5) is 0. The summed E-state index contributed by atoms with van der Waals surface area (Å²) in [7, 11) is 0. The van der Waals surface area contributed by atoms with Crippen LogP contribution in [0.25, 0.3) is 0 Å². The molecule has 0 aliphatic heterocycles. The first kappa shape index (κ1) is 8.75. The first-order valence-electron chi connectivity index (χ1n) is 5.21. The molecule has 1 N–H and O–H groups in total. The lowest BCUT2D eigenvalue weighted by Gasteiger charge is -2.23. The van der Waals surface area contributed by atoms with E-state index < -0.39 is 5.60 Å². The molecule has 2 heteroatoms. The molecule has 2 aliphatic carbocycles. The normalized spacial score (nSPS) is 30.4. The van der Waals surface area contributed by atoms with Gasteiger partial charge in [0.25, 0.3) is 0 Å². The number of aliphatic hydroxyl groups is 1. The van der Waals surface area contributed by atoms with Crippen molar-refractivity contribution in [2.75, 3.05) is 0 Å². The van der Waals surface area contributed by atoms with Crippen LogP contribution in [0.3, 0.4) is 0 Å². The molecule has 14 heavy (non-hydrogen) atoms. The topological polar surface area (TPSA) is 20.2 Å². The van der Waals surface area contributed by atoms with E-state index in [2.05, 4.69) is 0 Å². The molecule has 3 rings (SSSR count). The Hall–Kier alpha value is -0.530. The molecule has 1 unspecified atom stereocenters. The minimum Gasteiger partial charge on any atom is -0.385 e. The van der Waals surface area contributed by atoms with Gasteiger partial charge in [-0.3, -0.25) is 0 Å². The Labute approximate surface area is 88.7 Å². The van der Waals surface area contributed by atoms with Gasteiger partial charge in [-0.15, -0.1) is 0 Å². The van der Waals surface area contributed by atoms with Crippen LogP contribution in [-0.2, 0) is 12.0 Å². The van der Waals surface area contributed by atoms with Crippen LogP contribution in [-0.4, -0.2) is 5.11 Å². The number of halogens is 1. The van der Waals surface area contributed by atoms with Crippen LogP contribution in [0, 0.1) is 5.92 Å². The number of aryl methyl sites for hydroxylation is 1. The highest BCUT2D eigenvalue weighted by molar-refractivity contribution is 6.30. The van der Waals surface area contributed by atoms with Gasteiger partial charge in [0.1, 0.15) is 0 Å². The van der Waals surface area contributed by atoms with E-state index >= 15 is 0 Å². The monoisotopic (exact) mass is 208 g/mol. The van der Waals surface area contributed by atoms with Crippen molar-refractivity contribution in [2.24, 2.45) is 5.92 Å². The van der Waals surface area contributed by atoms with Crippen LogP contribution in [0.2, 0.25) is 5.02 Å². The van der Waals surface area contributed by atoms with Crippen molar-refractivity contribution in [2.45, 2.75) is 31.3 Å². The summed E-state index contributed by atoms with van der Waals surface area (Å²) in [5.41, 5.74) is 1.84. The summed E-state index contributed by atoms with van der Waals surface area (Å²) in [6, 6.07) is 5.89. The zero-order chi connectivity index (χ0) is 9.76. The lowest BCUT2D eigenvalue weighted by atomic mass is 9.91. The smallest absolute Gasteiger partial charge is 0.0930 e. The van der Waals surface area contributed by atoms with E-state index in [1.54, 1.807) is 0 Å². The number of hydrogen-bond acceptors (Lipinski definition) is 1. The van der Waals surface area contributed by atoms with Crippen molar-refractivity contribution in [3.05, 3.63) is 34.3 Å². The molecule has 0 amide bonds. The highest BCUT2D eigenvalue weighted by Crippen LogP contribution is 2.52. The lowest BCUT2D eigenvalue weighted by Crippen LogP contribution is -2.24. The molecule has 1 fully saturated rings. The zero-order valence-electron chi connectivity index (χ0n) is 7.96. The summed E-state index contributed by atoms with van der Waals surface area (Å²) in [6.45, 7) is 0. The SMILES string of the molecule is OC1(C2CC2)CCc2cc(Cl)ccc21. The lowest BCUT2D eigenvalue weighted by molar-refractivity contribution is 0.0150. The number of fused-ring (bicyclic) bond motifs is 1. The zero-order valence-corrected chi connectivity index (χ0v) is 8.72. The Balaban J connectivity index is 2.09. The Morgan fingerprint density at radius 2 is 2.14 bits per heavy atom. The first-order chi connectivity index (χ1) is 6.70. The highest BCUT2D eigenvalue weighted by Gasteiger charge is 2.48. The predicted molar refractivity (Wildman–Crippen MR) is 56.4 cm³/mol. The standard InChI is InChI=1S/C12H13ClO/c13-10-3-4-11-8(7-10)5-6-12(11,14)9-1-2-9/h3-4,7,9,14H,1-2,5-6H2. The second kappa shape index (κ2) is 2.74. The molecule has 1 saturated carbocycles. The van der Waals surface area contributed by atoms with Crippen LogP contribution in [0.15, 0.2) is 18.2 Å². The number of benzene rings is 1. The van der Waals surface area contributed by atoms with Gasteiger partial charge in [0.15, 0.2) is 0 Å². The average Bonchev–Trinajstić information content (AvgIpc) is 2.94. The van der Waals surface area contributed by atoms with E-state index in [4.69, 9.17) is 11.6 Å². The largest absolute Gasteiger partial charge is 0.385 e. The summed E-state index contributed by atoms with van der Waals surface area (Å²) < 4.78 is 0. The van der Waals surface area contributed by atoms with Crippen molar-refractivity contribution in [1.82, 2.24) is 0 Å². The van der Waals surface area contributed by atoms with Crippen molar-refractivity contribution >= 4 is 11.6 Å². The Kier molecular flexibility index (Phi) is 1.71. The molecule has 1 atom stereocenters. The fraction of sp³-hybridized carbons (Fsp3) is 0.500. The Morgan fingerprint density at radius 3 is 2.86 bits per heavy atom. The fourth-order valence-corrected chi connectivity index (χ4v) is 2.83. The molecule has 0 saturated heterocycles. The molecule has 0 radical (unpaired) electrons. The van der Waals surface area contributed by atoms with Gasteiger partial charge in [0.05, 0.1) is 5.60 Å². The van der Waals surface area contributed by atoms with E-state index in [0.717, 1.165) is 23.4 Å². The van der Waals surface area contributed by atoms with Crippen molar-refractivity contribution in [3.63, 3.8) is 0 Å². The molecule has 1 nitrogen and oxygen atoms in total. The second-order valence-electron chi connectivity index (χ2n) is 4.50. The van der Waals surface area contributed by atoms with Gasteiger partial charge in [0, 0.05) is 5.02 Å². The molecule has 0 heterocycles. The molecule has 74 valence electrons. The van der Waals surface area contributed by atoms with Crippen LogP contribution in [0.4, 0.5) is 0 Å². The molecule has 1 aromatic carbocycles. The third kappa shape index (κ3) is 1.12. The minimum absolute atomic E-state index is 0.505. The van der Waals surface area contributed by atoms with Crippen molar-refractivity contribution in [1.29, 1.82) is 0 Å². The average molecular weight is 209 g/mol. The second-order valence-corrected chi connectivity index (χ2v) is 4.94. The summed E-state index contributed by atoms with van der Waals surface area (Å²) in [6.07, 6.45) is 4.22. The third-order valence-corrected chi connectivity index (χ3v) is 3.80. The van der Waals surface area contributed by atoms with E-state index in [-0.39, 0.29) is 0 Å². The van der Waals surface area contributed by atoms with Gasteiger partial charge < -0.3 is 5.11 Å². The maximum atomic E-state index is 10.5. The van der Waals surface area contributed by atoms with Crippen LogP contribution in [0.1, 0.15) is 30.4 Å². The summed E-state index contributed by atoms with van der Waals surface area (Å²) >= 11 is 5.93. The van der Waals surface area contributed by atoms with E-state index in [9.17, 15) is 5.11 Å². The van der Waals surface area contributed by atoms with Gasteiger partial charge >= 0.3 is 0 Å². The van der Waals surface area contributed by atoms with E-state index in [1.165, 1.54) is 18.4 Å². The highest BCUT2D eigenvalue weighted by atomic mass is 35.5. The fourth-order valence-electron chi connectivity index (χ4n) is 2.64. The molecular weight excluding hydrogens is 196 g/mol. The van der Waals surface area contributed by atoms with E-state index in [1.807, 2.05) is 18.2 Å². The maximum absolute atomic E-state index is 10.5. The minimum atomic E-state index is -0.528. The molecule has 2 aliphatic rings. The molecule has 0 spiro atoms. The molecular formula is C12H13ClO. The van der Waals surface area contributed by atoms with Crippen LogP contribution >= 0.6 is 11.6 Å². The Morgan fingerprint density at radius 1 is 1.36 bits per heavy atom. The maximum Gasteiger partial charge on any atom is 0.0930 e. The van der Waals surface area contributed by atoms with Crippen LogP contribution in [0.5, 0.6) is 0 Å². The van der Waals surface area contributed by atoms with Crippen LogP contribution < -0.4 is 0 Å². The number of hydrogen-bond donors (Lipinski definition) is 1. The van der Waals surface area contributed by atoms with Gasteiger partial charge in [-0.1, -0.05) is 17.7 Å². The molecule has 0 aromatic heterocycles. The van der Waals surface area contributed by atoms with Crippen molar-refractivity contribution in [3.8, 4) is 0 Å². The summed E-state index contributed by atoms with van der Waals surface area (Å²) in [5.74, 6) is 0.505. The van der Waals surface area contributed by atoms with Crippen molar-refractivity contribution < 1.29 is 5.11 Å². The van der Waals surface area contributed by atoms with E-state index in [0.29, 0.717) is 5.92 Å². The molecule has 0 bridgehead atoms. The van der Waals surface area contributed by atoms with Gasteiger partial charge in [-0.2, -0.15) is 0 Å².